The van der Waals surface area contributed by atoms with Crippen molar-refractivity contribution in [1.29, 1.82) is 0 Å². The van der Waals surface area contributed by atoms with Crippen LogP contribution in [0.25, 0.3) is 22.0 Å². The largest absolute Gasteiger partial charge is 0.480 e. The fraction of sp³-hybridized carbons (Fsp3) is 0.176. The smallest absolute Gasteiger partial charge is 0.320 e. The van der Waals surface area contributed by atoms with Crippen LogP contribution in [0.15, 0.2) is 48.9 Å². The molecular weight excluding hydrogens is 278 g/mol. The van der Waals surface area contributed by atoms with Crippen LogP contribution in [0.5, 0.6) is 0 Å². The predicted molar refractivity (Wildman–Crippen MR) is 85.5 cm³/mol. The molecule has 3 rings (SSSR count). The molecule has 1 atom stereocenters. The second-order valence-corrected chi connectivity index (χ2v) is 5.35. The van der Waals surface area contributed by atoms with Gasteiger partial charge in [0.2, 0.25) is 0 Å². The van der Waals surface area contributed by atoms with Crippen LogP contribution >= 0.6 is 0 Å². The highest BCUT2D eigenvalue weighted by Gasteiger charge is 2.17. The normalized spacial score (nSPS) is 12.5. The van der Waals surface area contributed by atoms with Gasteiger partial charge in [0.1, 0.15) is 6.04 Å². The third-order valence-electron chi connectivity index (χ3n) is 3.83. The van der Waals surface area contributed by atoms with Gasteiger partial charge < -0.3 is 15.4 Å². The fourth-order valence-electron chi connectivity index (χ4n) is 2.80. The lowest BCUT2D eigenvalue weighted by molar-refractivity contribution is -0.138. The molecule has 0 amide bonds. The van der Waals surface area contributed by atoms with Crippen LogP contribution in [-0.4, -0.2) is 26.7 Å². The number of aliphatic carboxylic acids is 1. The quantitative estimate of drug-likeness (QED) is 0.773. The SMILES string of the molecule is Cn1cc(CC(N)C(=O)O)c2cccc(-c3ccncc3)c21. The van der Waals surface area contributed by atoms with Gasteiger partial charge in [0.25, 0.3) is 0 Å². The second-order valence-electron chi connectivity index (χ2n) is 5.35. The van der Waals surface area contributed by atoms with Gasteiger partial charge in [0.05, 0.1) is 5.52 Å². The second kappa shape index (κ2) is 5.61. The van der Waals surface area contributed by atoms with Gasteiger partial charge in [-0.1, -0.05) is 18.2 Å². The summed E-state index contributed by atoms with van der Waals surface area (Å²) in [4.78, 5) is 15.0. The van der Waals surface area contributed by atoms with E-state index in [-0.39, 0.29) is 0 Å². The summed E-state index contributed by atoms with van der Waals surface area (Å²) in [5, 5.41) is 10.1. The van der Waals surface area contributed by atoms with E-state index in [1.807, 2.05) is 42.1 Å². The molecule has 1 aromatic carbocycles. The van der Waals surface area contributed by atoms with Crippen molar-refractivity contribution in [2.75, 3.05) is 0 Å². The van der Waals surface area contributed by atoms with E-state index in [1.54, 1.807) is 12.4 Å². The number of nitrogens with two attached hydrogens (primary N) is 1. The highest BCUT2D eigenvalue weighted by Crippen LogP contribution is 2.31. The Morgan fingerprint density at radius 1 is 1.32 bits per heavy atom. The molecule has 2 aromatic heterocycles. The Morgan fingerprint density at radius 3 is 2.73 bits per heavy atom. The van der Waals surface area contributed by atoms with Gasteiger partial charge in [-0.2, -0.15) is 0 Å². The molecule has 0 aliphatic rings. The number of benzene rings is 1. The summed E-state index contributed by atoms with van der Waals surface area (Å²) in [7, 11) is 1.96. The first kappa shape index (κ1) is 14.3. The molecule has 112 valence electrons. The zero-order chi connectivity index (χ0) is 15.7. The minimum absolute atomic E-state index is 0.312. The zero-order valence-electron chi connectivity index (χ0n) is 12.2. The van der Waals surface area contributed by atoms with Crippen LogP contribution in [0, 0.1) is 0 Å². The number of aryl methyl sites for hydroxylation is 1. The number of hydrogen-bond donors (Lipinski definition) is 2. The molecule has 2 heterocycles. The third kappa shape index (κ3) is 2.46. The van der Waals surface area contributed by atoms with E-state index in [2.05, 4.69) is 11.1 Å². The monoisotopic (exact) mass is 295 g/mol. The molecule has 0 bridgehead atoms. The Morgan fingerprint density at radius 2 is 2.05 bits per heavy atom. The molecule has 0 aliphatic carbocycles. The standard InChI is InChI=1S/C17H17N3O2/c1-20-10-12(9-15(18)17(21)22)14-4-2-3-13(16(14)20)11-5-7-19-8-6-11/h2-8,10,15H,9,18H2,1H3,(H,21,22). The van der Waals surface area contributed by atoms with Crippen LogP contribution in [-0.2, 0) is 18.3 Å². The Hall–Kier alpha value is -2.66. The number of nitrogens with zero attached hydrogens (tertiary/aromatic N) is 2. The molecular formula is C17H17N3O2. The summed E-state index contributed by atoms with van der Waals surface area (Å²) in [6.45, 7) is 0. The Balaban J connectivity index is 2.14. The van der Waals surface area contributed by atoms with E-state index in [1.165, 1.54) is 0 Å². The van der Waals surface area contributed by atoms with E-state index < -0.39 is 12.0 Å². The van der Waals surface area contributed by atoms with Gasteiger partial charge in [-0.15, -0.1) is 0 Å². The van der Waals surface area contributed by atoms with Crippen LogP contribution in [0.4, 0.5) is 0 Å². The molecule has 0 spiro atoms. The zero-order valence-corrected chi connectivity index (χ0v) is 12.2. The summed E-state index contributed by atoms with van der Waals surface area (Å²) >= 11 is 0. The molecule has 0 saturated heterocycles. The van der Waals surface area contributed by atoms with Crippen LogP contribution in [0.2, 0.25) is 0 Å². The number of carboxylic acid groups (broad SMARTS) is 1. The maximum Gasteiger partial charge on any atom is 0.320 e. The van der Waals surface area contributed by atoms with Crippen molar-refractivity contribution in [3.05, 3.63) is 54.5 Å². The lowest BCUT2D eigenvalue weighted by atomic mass is 10.0. The van der Waals surface area contributed by atoms with Gasteiger partial charge >= 0.3 is 5.97 Å². The molecule has 0 fully saturated rings. The maximum absolute atomic E-state index is 11.0. The summed E-state index contributed by atoms with van der Waals surface area (Å²) in [6.07, 6.45) is 5.79. The first-order valence-electron chi connectivity index (χ1n) is 7.03. The molecule has 5 nitrogen and oxygen atoms in total. The highest BCUT2D eigenvalue weighted by molar-refractivity contribution is 5.97. The van der Waals surface area contributed by atoms with Gasteiger partial charge in [0.15, 0.2) is 0 Å². The first-order valence-corrected chi connectivity index (χ1v) is 7.03. The van der Waals surface area contributed by atoms with E-state index in [0.29, 0.717) is 6.42 Å². The van der Waals surface area contributed by atoms with Crippen molar-refractivity contribution in [1.82, 2.24) is 9.55 Å². The molecule has 0 saturated carbocycles. The summed E-state index contributed by atoms with van der Waals surface area (Å²) in [5.41, 5.74) is 9.87. The Bertz CT molecular complexity index is 825. The van der Waals surface area contributed by atoms with E-state index in [9.17, 15) is 4.79 Å². The van der Waals surface area contributed by atoms with Crippen molar-refractivity contribution >= 4 is 16.9 Å². The number of carbonyl (C=O) groups is 1. The number of aromatic nitrogens is 2. The molecule has 3 N–H and O–H groups in total. The summed E-state index contributed by atoms with van der Waals surface area (Å²) in [5.74, 6) is -0.984. The molecule has 1 unspecified atom stereocenters. The number of rotatable bonds is 4. The van der Waals surface area contributed by atoms with Crippen molar-refractivity contribution in [2.45, 2.75) is 12.5 Å². The van der Waals surface area contributed by atoms with Gasteiger partial charge in [-0.25, -0.2) is 0 Å². The Labute approximate surface area is 128 Å². The van der Waals surface area contributed by atoms with E-state index in [0.717, 1.165) is 27.6 Å². The van der Waals surface area contributed by atoms with Crippen molar-refractivity contribution in [2.24, 2.45) is 12.8 Å². The molecule has 3 aromatic rings. The highest BCUT2D eigenvalue weighted by atomic mass is 16.4. The number of pyridine rings is 1. The minimum Gasteiger partial charge on any atom is -0.480 e. The molecule has 0 aliphatic heterocycles. The summed E-state index contributed by atoms with van der Waals surface area (Å²) in [6, 6.07) is 9.07. The van der Waals surface area contributed by atoms with E-state index in [4.69, 9.17) is 10.8 Å². The summed E-state index contributed by atoms with van der Waals surface area (Å²) < 4.78 is 2.02. The van der Waals surface area contributed by atoms with Crippen molar-refractivity contribution in [3.8, 4) is 11.1 Å². The van der Waals surface area contributed by atoms with Gasteiger partial charge in [-0.3, -0.25) is 9.78 Å². The van der Waals surface area contributed by atoms with E-state index >= 15 is 0 Å². The van der Waals surface area contributed by atoms with Gasteiger partial charge in [-0.05, 0) is 23.3 Å². The average molecular weight is 295 g/mol. The lowest BCUT2D eigenvalue weighted by Crippen LogP contribution is -2.32. The number of para-hydroxylation sites is 1. The van der Waals surface area contributed by atoms with Crippen molar-refractivity contribution < 1.29 is 9.90 Å². The van der Waals surface area contributed by atoms with Crippen molar-refractivity contribution in [3.63, 3.8) is 0 Å². The topological polar surface area (TPSA) is 81.1 Å². The van der Waals surface area contributed by atoms with Crippen LogP contribution < -0.4 is 5.73 Å². The maximum atomic E-state index is 11.0. The lowest BCUT2D eigenvalue weighted by Gasteiger charge is -2.07. The molecule has 22 heavy (non-hydrogen) atoms. The van der Waals surface area contributed by atoms with Crippen LogP contribution in [0.1, 0.15) is 5.56 Å². The average Bonchev–Trinajstić information content (AvgIpc) is 2.84. The Kier molecular flexibility index (Phi) is 3.65. The third-order valence-corrected chi connectivity index (χ3v) is 3.83. The number of hydrogen-bond acceptors (Lipinski definition) is 3. The fourth-order valence-corrected chi connectivity index (χ4v) is 2.80. The number of fused-ring (bicyclic) bond motifs is 1. The molecule has 0 radical (unpaired) electrons. The number of carboxylic acids is 1. The van der Waals surface area contributed by atoms with Gasteiger partial charge in [0, 0.05) is 43.0 Å². The minimum atomic E-state index is -0.984. The van der Waals surface area contributed by atoms with Crippen LogP contribution in [0.3, 0.4) is 0 Å². The first-order chi connectivity index (χ1) is 10.6. The predicted octanol–water partition coefficient (Wildman–Crippen LogP) is 2.19. The molecule has 5 heteroatoms.